The summed E-state index contributed by atoms with van der Waals surface area (Å²) in [6, 6.07) is 6.89. The molecule has 0 aliphatic carbocycles. The SMILES string of the molecule is CCn1nnnc1COc1ccc(C(=O)NCCn2cc(Cl)cn2)cc1. The fraction of sp³-hybridized carbons (Fsp3) is 0.312. The van der Waals surface area contributed by atoms with Gasteiger partial charge in [0.2, 0.25) is 0 Å². The first-order chi connectivity index (χ1) is 12.7. The first-order valence-electron chi connectivity index (χ1n) is 8.09. The molecule has 26 heavy (non-hydrogen) atoms. The summed E-state index contributed by atoms with van der Waals surface area (Å²) in [5, 5.41) is 18.8. The van der Waals surface area contributed by atoms with E-state index in [1.807, 2.05) is 6.92 Å². The standard InChI is InChI=1S/C16H18ClN7O2/c1-2-24-15(20-21-22-24)11-26-14-5-3-12(4-6-14)16(25)18-7-8-23-10-13(17)9-19-23/h3-6,9-10H,2,7-8,11H2,1H3,(H,18,25). The normalized spacial score (nSPS) is 10.7. The van der Waals surface area contributed by atoms with Crippen molar-refractivity contribution in [2.24, 2.45) is 0 Å². The number of benzene rings is 1. The zero-order valence-corrected chi connectivity index (χ0v) is 14.9. The molecule has 1 amide bonds. The molecule has 0 saturated heterocycles. The highest BCUT2D eigenvalue weighted by Crippen LogP contribution is 2.13. The smallest absolute Gasteiger partial charge is 0.251 e. The van der Waals surface area contributed by atoms with Crippen LogP contribution >= 0.6 is 11.6 Å². The lowest BCUT2D eigenvalue weighted by atomic mass is 10.2. The first kappa shape index (κ1) is 17.9. The van der Waals surface area contributed by atoms with Crippen molar-refractivity contribution in [1.82, 2.24) is 35.3 Å². The molecule has 1 aromatic carbocycles. The minimum absolute atomic E-state index is 0.162. The van der Waals surface area contributed by atoms with Gasteiger partial charge >= 0.3 is 0 Å². The third-order valence-corrected chi connectivity index (χ3v) is 3.81. The van der Waals surface area contributed by atoms with Crippen LogP contribution in [0, 0.1) is 0 Å². The lowest BCUT2D eigenvalue weighted by Crippen LogP contribution is -2.27. The number of nitrogens with zero attached hydrogens (tertiary/aromatic N) is 6. The molecular formula is C16H18ClN7O2. The molecule has 0 unspecified atom stereocenters. The molecule has 3 rings (SSSR count). The number of ether oxygens (including phenoxy) is 1. The van der Waals surface area contributed by atoms with Crippen molar-refractivity contribution in [2.45, 2.75) is 26.6 Å². The van der Waals surface area contributed by atoms with Gasteiger partial charge in [-0.15, -0.1) is 5.10 Å². The lowest BCUT2D eigenvalue weighted by Gasteiger charge is -2.08. The summed E-state index contributed by atoms with van der Waals surface area (Å²) in [4.78, 5) is 12.1. The number of aryl methyl sites for hydroxylation is 1. The van der Waals surface area contributed by atoms with Crippen LogP contribution in [0.5, 0.6) is 5.75 Å². The van der Waals surface area contributed by atoms with Crippen LogP contribution in [0.15, 0.2) is 36.7 Å². The average Bonchev–Trinajstić information content (AvgIpc) is 3.28. The Morgan fingerprint density at radius 2 is 2.12 bits per heavy atom. The van der Waals surface area contributed by atoms with Gasteiger partial charge in [0.1, 0.15) is 12.4 Å². The van der Waals surface area contributed by atoms with E-state index in [9.17, 15) is 4.79 Å². The number of rotatable bonds is 8. The Balaban J connectivity index is 1.47. The van der Waals surface area contributed by atoms with E-state index >= 15 is 0 Å². The van der Waals surface area contributed by atoms with Crippen LogP contribution in [0.4, 0.5) is 0 Å². The van der Waals surface area contributed by atoms with E-state index in [2.05, 4.69) is 25.9 Å². The van der Waals surface area contributed by atoms with Gasteiger partial charge in [0, 0.05) is 24.8 Å². The van der Waals surface area contributed by atoms with Crippen LogP contribution in [-0.2, 0) is 19.7 Å². The van der Waals surface area contributed by atoms with Crippen molar-refractivity contribution in [1.29, 1.82) is 0 Å². The number of tetrazole rings is 1. The first-order valence-corrected chi connectivity index (χ1v) is 8.47. The number of halogens is 1. The Labute approximate surface area is 154 Å². The minimum Gasteiger partial charge on any atom is -0.486 e. The van der Waals surface area contributed by atoms with Crippen molar-refractivity contribution in [3.8, 4) is 5.75 Å². The molecule has 1 N–H and O–H groups in total. The molecular weight excluding hydrogens is 358 g/mol. The third-order valence-electron chi connectivity index (χ3n) is 3.62. The van der Waals surface area contributed by atoms with E-state index in [0.29, 0.717) is 41.8 Å². The van der Waals surface area contributed by atoms with Gasteiger partial charge in [-0.2, -0.15) is 5.10 Å². The van der Waals surface area contributed by atoms with E-state index in [0.717, 1.165) is 0 Å². The number of carbonyl (C=O) groups excluding carboxylic acids is 1. The fourth-order valence-electron chi connectivity index (χ4n) is 2.27. The van der Waals surface area contributed by atoms with E-state index in [-0.39, 0.29) is 12.5 Å². The highest BCUT2D eigenvalue weighted by Gasteiger charge is 2.08. The molecule has 2 aromatic heterocycles. The molecule has 0 aliphatic heterocycles. The van der Waals surface area contributed by atoms with E-state index in [1.165, 1.54) is 0 Å². The predicted molar refractivity (Wildman–Crippen MR) is 93.8 cm³/mol. The fourth-order valence-corrected chi connectivity index (χ4v) is 2.43. The maximum absolute atomic E-state index is 12.1. The number of amides is 1. The molecule has 0 fully saturated rings. The summed E-state index contributed by atoms with van der Waals surface area (Å²) in [6.45, 7) is 3.89. The third kappa shape index (κ3) is 4.57. The molecule has 0 atom stereocenters. The van der Waals surface area contributed by atoms with Crippen molar-refractivity contribution in [3.63, 3.8) is 0 Å². The van der Waals surface area contributed by atoms with Crippen molar-refractivity contribution in [2.75, 3.05) is 6.54 Å². The highest BCUT2D eigenvalue weighted by molar-refractivity contribution is 6.30. The Kier molecular flexibility index (Phi) is 5.80. The van der Waals surface area contributed by atoms with Gasteiger partial charge in [-0.3, -0.25) is 9.48 Å². The van der Waals surface area contributed by atoms with Crippen LogP contribution in [0.2, 0.25) is 5.02 Å². The van der Waals surface area contributed by atoms with Crippen LogP contribution in [0.25, 0.3) is 0 Å². The topological polar surface area (TPSA) is 99.8 Å². The maximum atomic E-state index is 12.1. The second-order valence-electron chi connectivity index (χ2n) is 5.40. The molecule has 2 heterocycles. The number of nitrogens with one attached hydrogen (secondary N) is 1. The Morgan fingerprint density at radius 3 is 2.81 bits per heavy atom. The molecule has 0 bridgehead atoms. The van der Waals surface area contributed by atoms with Gasteiger partial charge in [-0.25, -0.2) is 4.68 Å². The highest BCUT2D eigenvalue weighted by atomic mass is 35.5. The van der Waals surface area contributed by atoms with E-state index in [1.54, 1.807) is 46.0 Å². The summed E-state index contributed by atoms with van der Waals surface area (Å²) < 4.78 is 8.98. The van der Waals surface area contributed by atoms with E-state index in [4.69, 9.17) is 16.3 Å². The molecule has 136 valence electrons. The summed E-state index contributed by atoms with van der Waals surface area (Å²) >= 11 is 5.79. The number of hydrogen-bond acceptors (Lipinski definition) is 6. The average molecular weight is 376 g/mol. The van der Waals surface area contributed by atoms with Gasteiger partial charge < -0.3 is 10.1 Å². The minimum atomic E-state index is -0.162. The molecule has 0 saturated carbocycles. The molecule has 3 aromatic rings. The number of aromatic nitrogens is 6. The molecule has 0 radical (unpaired) electrons. The Hall–Kier alpha value is -2.94. The summed E-state index contributed by atoms with van der Waals surface area (Å²) in [6.07, 6.45) is 3.26. The monoisotopic (exact) mass is 375 g/mol. The largest absolute Gasteiger partial charge is 0.486 e. The Bertz CT molecular complexity index is 860. The van der Waals surface area contributed by atoms with Crippen molar-refractivity contribution < 1.29 is 9.53 Å². The molecule has 10 heteroatoms. The maximum Gasteiger partial charge on any atom is 0.251 e. The van der Waals surface area contributed by atoms with Gasteiger partial charge in [-0.05, 0) is 41.6 Å². The quantitative estimate of drug-likeness (QED) is 0.641. The predicted octanol–water partition coefficient (Wildman–Crippen LogP) is 1.55. The van der Waals surface area contributed by atoms with Gasteiger partial charge in [0.25, 0.3) is 5.91 Å². The van der Waals surface area contributed by atoms with Crippen LogP contribution < -0.4 is 10.1 Å². The van der Waals surface area contributed by atoms with Crippen molar-refractivity contribution in [3.05, 3.63) is 53.1 Å². The molecule has 9 nitrogen and oxygen atoms in total. The second-order valence-corrected chi connectivity index (χ2v) is 5.84. The molecule has 0 spiro atoms. The zero-order valence-electron chi connectivity index (χ0n) is 14.2. The summed E-state index contributed by atoms with van der Waals surface area (Å²) in [5.74, 6) is 1.12. The number of hydrogen-bond donors (Lipinski definition) is 1. The zero-order chi connectivity index (χ0) is 18.4. The second kappa shape index (κ2) is 8.43. The van der Waals surface area contributed by atoms with E-state index < -0.39 is 0 Å². The summed E-state index contributed by atoms with van der Waals surface area (Å²) in [7, 11) is 0. The van der Waals surface area contributed by atoms with Gasteiger partial charge in [-0.1, -0.05) is 11.6 Å². The van der Waals surface area contributed by atoms with Gasteiger partial charge in [0.15, 0.2) is 5.82 Å². The lowest BCUT2D eigenvalue weighted by molar-refractivity contribution is 0.0952. The van der Waals surface area contributed by atoms with Crippen LogP contribution in [-0.4, -0.2) is 42.4 Å². The Morgan fingerprint density at radius 1 is 1.31 bits per heavy atom. The van der Waals surface area contributed by atoms with Crippen LogP contribution in [0.3, 0.4) is 0 Å². The number of carbonyl (C=O) groups is 1. The molecule has 0 aliphatic rings. The van der Waals surface area contributed by atoms with Crippen molar-refractivity contribution >= 4 is 17.5 Å². The van der Waals surface area contributed by atoms with Gasteiger partial charge in [0.05, 0.1) is 17.8 Å². The van der Waals surface area contributed by atoms with Crippen LogP contribution in [0.1, 0.15) is 23.1 Å². The summed E-state index contributed by atoms with van der Waals surface area (Å²) in [5.41, 5.74) is 0.550.